The van der Waals surface area contributed by atoms with Crippen molar-refractivity contribution in [3.05, 3.63) is 0 Å². The number of aliphatic carboxylic acids is 1. The van der Waals surface area contributed by atoms with Gasteiger partial charge in [-0.2, -0.15) is 0 Å². The van der Waals surface area contributed by atoms with Gasteiger partial charge in [0.1, 0.15) is 0 Å². The van der Waals surface area contributed by atoms with Gasteiger partial charge >= 0.3 is 5.97 Å². The maximum atomic E-state index is 12.1. The molecule has 1 saturated heterocycles. The van der Waals surface area contributed by atoms with Gasteiger partial charge in [-0.25, -0.2) is 4.79 Å². The van der Waals surface area contributed by atoms with Gasteiger partial charge in [0, 0.05) is 19.0 Å². The lowest BCUT2D eigenvalue weighted by Gasteiger charge is -2.32. The zero-order chi connectivity index (χ0) is 14.6. The number of nitrogens with zero attached hydrogens (tertiary/aromatic N) is 1. The summed E-state index contributed by atoms with van der Waals surface area (Å²) in [6.07, 6.45) is 0.0891. The highest BCUT2D eigenvalue weighted by molar-refractivity contribution is 5.79. The van der Waals surface area contributed by atoms with E-state index in [1.807, 2.05) is 0 Å². The number of carboxylic acids is 1. The van der Waals surface area contributed by atoms with Crippen LogP contribution in [0.15, 0.2) is 0 Å². The minimum Gasteiger partial charge on any atom is -0.479 e. The van der Waals surface area contributed by atoms with Crippen molar-refractivity contribution in [1.29, 1.82) is 0 Å². The van der Waals surface area contributed by atoms with Crippen LogP contribution in [0.4, 0.5) is 0 Å². The normalized spacial score (nSPS) is 22.1. The second kappa shape index (κ2) is 6.34. The first kappa shape index (κ1) is 15.9. The van der Waals surface area contributed by atoms with E-state index in [9.17, 15) is 9.59 Å². The minimum atomic E-state index is -1.03. The highest BCUT2D eigenvalue weighted by atomic mass is 16.5. The summed E-state index contributed by atoms with van der Waals surface area (Å²) < 4.78 is 5.08. The third kappa shape index (κ3) is 5.57. The van der Waals surface area contributed by atoms with E-state index in [1.165, 1.54) is 4.90 Å². The van der Waals surface area contributed by atoms with Crippen molar-refractivity contribution in [2.45, 2.75) is 45.8 Å². The summed E-state index contributed by atoms with van der Waals surface area (Å²) in [5.41, 5.74) is 6.04. The van der Waals surface area contributed by atoms with Crippen LogP contribution in [0.1, 0.15) is 33.6 Å². The summed E-state index contributed by atoms with van der Waals surface area (Å²) in [6, 6.07) is -0.196. The Morgan fingerprint density at radius 3 is 2.63 bits per heavy atom. The largest absolute Gasteiger partial charge is 0.479 e. The van der Waals surface area contributed by atoms with Crippen LogP contribution in [0.5, 0.6) is 0 Å². The molecule has 0 radical (unpaired) electrons. The standard InChI is InChI=1S/C13H24N2O4/c1-13(2,3)7-9(14)6-11(16)15-4-5-19-10(8-15)12(17)18/h9-10H,4-8,14H2,1-3H3,(H,17,18). The first-order valence-electron chi connectivity index (χ1n) is 6.57. The molecule has 1 aliphatic rings. The number of hydrogen-bond donors (Lipinski definition) is 2. The zero-order valence-corrected chi connectivity index (χ0v) is 11.9. The number of rotatable bonds is 4. The lowest BCUT2D eigenvalue weighted by molar-refractivity contribution is -0.159. The Hall–Kier alpha value is -1.14. The molecule has 1 aliphatic heterocycles. The molecule has 0 saturated carbocycles. The smallest absolute Gasteiger partial charge is 0.334 e. The maximum absolute atomic E-state index is 12.1. The molecule has 1 amide bonds. The molecule has 0 aromatic carbocycles. The monoisotopic (exact) mass is 272 g/mol. The fourth-order valence-corrected chi connectivity index (χ4v) is 2.24. The lowest BCUT2D eigenvalue weighted by atomic mass is 9.87. The van der Waals surface area contributed by atoms with E-state index in [0.717, 1.165) is 6.42 Å². The number of hydrogen-bond acceptors (Lipinski definition) is 4. The first-order chi connectivity index (χ1) is 8.69. The van der Waals surface area contributed by atoms with E-state index in [4.69, 9.17) is 15.6 Å². The van der Waals surface area contributed by atoms with Crippen LogP contribution in [0, 0.1) is 5.41 Å². The van der Waals surface area contributed by atoms with Crippen LogP contribution in [0.3, 0.4) is 0 Å². The van der Waals surface area contributed by atoms with Gasteiger partial charge in [0.05, 0.1) is 13.2 Å². The van der Waals surface area contributed by atoms with Crippen molar-refractivity contribution in [1.82, 2.24) is 4.90 Å². The molecule has 1 rings (SSSR count). The molecule has 1 heterocycles. The Morgan fingerprint density at radius 1 is 1.47 bits per heavy atom. The number of carboxylic acid groups (broad SMARTS) is 1. The van der Waals surface area contributed by atoms with Crippen LogP contribution >= 0.6 is 0 Å². The van der Waals surface area contributed by atoms with Gasteiger partial charge in [0.15, 0.2) is 6.10 Å². The van der Waals surface area contributed by atoms with Crippen molar-refractivity contribution in [3.63, 3.8) is 0 Å². The SMILES string of the molecule is CC(C)(C)CC(N)CC(=O)N1CCOC(C(=O)O)C1. The van der Waals surface area contributed by atoms with Crippen molar-refractivity contribution >= 4 is 11.9 Å². The Bertz CT molecular complexity index is 338. The van der Waals surface area contributed by atoms with Crippen LogP contribution in [0.25, 0.3) is 0 Å². The Labute approximate surface area is 113 Å². The third-order valence-electron chi connectivity index (χ3n) is 3.01. The predicted octanol–water partition coefficient (Wildman–Crippen LogP) is 0.452. The molecule has 3 N–H and O–H groups in total. The molecule has 6 nitrogen and oxygen atoms in total. The summed E-state index contributed by atoms with van der Waals surface area (Å²) in [6.45, 7) is 7.03. The molecule has 0 aromatic rings. The number of carbonyl (C=O) groups is 2. The van der Waals surface area contributed by atoms with Gasteiger partial charge < -0.3 is 20.5 Å². The molecule has 110 valence electrons. The van der Waals surface area contributed by atoms with Gasteiger partial charge in [-0.05, 0) is 11.8 Å². The van der Waals surface area contributed by atoms with Crippen LogP contribution in [-0.4, -0.2) is 53.7 Å². The Balaban J connectivity index is 2.47. The number of carbonyl (C=O) groups excluding carboxylic acids is 1. The van der Waals surface area contributed by atoms with E-state index < -0.39 is 12.1 Å². The summed E-state index contributed by atoms with van der Waals surface area (Å²) in [5, 5.41) is 8.88. The number of nitrogens with two attached hydrogens (primary N) is 1. The molecular weight excluding hydrogens is 248 g/mol. The highest BCUT2D eigenvalue weighted by Gasteiger charge is 2.29. The van der Waals surface area contributed by atoms with Gasteiger partial charge in [-0.1, -0.05) is 20.8 Å². The van der Waals surface area contributed by atoms with Crippen molar-refractivity contribution < 1.29 is 19.4 Å². The van der Waals surface area contributed by atoms with Crippen LogP contribution in [-0.2, 0) is 14.3 Å². The second-order valence-corrected chi connectivity index (χ2v) is 6.27. The quantitative estimate of drug-likeness (QED) is 0.775. The first-order valence-corrected chi connectivity index (χ1v) is 6.57. The molecule has 1 fully saturated rings. The van der Waals surface area contributed by atoms with E-state index in [2.05, 4.69) is 20.8 Å². The third-order valence-corrected chi connectivity index (χ3v) is 3.01. The second-order valence-electron chi connectivity index (χ2n) is 6.27. The predicted molar refractivity (Wildman–Crippen MR) is 70.6 cm³/mol. The number of ether oxygens (including phenoxy) is 1. The van der Waals surface area contributed by atoms with E-state index in [0.29, 0.717) is 6.54 Å². The van der Waals surface area contributed by atoms with E-state index in [-0.39, 0.29) is 36.9 Å². The molecular formula is C13H24N2O4. The molecule has 0 aliphatic carbocycles. The van der Waals surface area contributed by atoms with Crippen molar-refractivity contribution in [2.75, 3.05) is 19.7 Å². The van der Waals surface area contributed by atoms with E-state index in [1.54, 1.807) is 0 Å². The average molecular weight is 272 g/mol. The summed E-state index contributed by atoms with van der Waals surface area (Å²) in [5.74, 6) is -1.12. The highest BCUT2D eigenvalue weighted by Crippen LogP contribution is 2.21. The van der Waals surface area contributed by atoms with Gasteiger partial charge in [-0.3, -0.25) is 4.79 Å². The lowest BCUT2D eigenvalue weighted by Crippen LogP contribution is -2.49. The fraction of sp³-hybridized carbons (Fsp3) is 0.846. The summed E-state index contributed by atoms with van der Waals surface area (Å²) in [7, 11) is 0. The zero-order valence-electron chi connectivity index (χ0n) is 11.9. The van der Waals surface area contributed by atoms with Gasteiger partial charge in [0.25, 0.3) is 0 Å². The summed E-state index contributed by atoms with van der Waals surface area (Å²) in [4.78, 5) is 24.4. The van der Waals surface area contributed by atoms with Crippen LogP contribution < -0.4 is 5.73 Å². The molecule has 2 unspecified atom stereocenters. The molecule has 0 spiro atoms. The van der Waals surface area contributed by atoms with Gasteiger partial charge in [-0.15, -0.1) is 0 Å². The fourth-order valence-electron chi connectivity index (χ4n) is 2.24. The molecule has 6 heteroatoms. The maximum Gasteiger partial charge on any atom is 0.334 e. The van der Waals surface area contributed by atoms with Crippen molar-refractivity contribution in [3.8, 4) is 0 Å². The molecule has 19 heavy (non-hydrogen) atoms. The Kier molecular flexibility index (Phi) is 5.31. The Morgan fingerprint density at radius 2 is 2.11 bits per heavy atom. The van der Waals surface area contributed by atoms with Crippen molar-refractivity contribution in [2.24, 2.45) is 11.1 Å². The van der Waals surface area contributed by atoms with E-state index >= 15 is 0 Å². The minimum absolute atomic E-state index is 0.0777. The summed E-state index contributed by atoms with van der Waals surface area (Å²) >= 11 is 0. The molecule has 0 bridgehead atoms. The average Bonchev–Trinajstić information content (AvgIpc) is 2.26. The topological polar surface area (TPSA) is 92.9 Å². The molecule has 0 aromatic heterocycles. The van der Waals surface area contributed by atoms with Gasteiger partial charge in [0.2, 0.25) is 5.91 Å². The number of morpholine rings is 1. The number of amides is 1. The van der Waals surface area contributed by atoms with Crippen LogP contribution in [0.2, 0.25) is 0 Å². The molecule has 2 atom stereocenters.